The molecule has 0 N–H and O–H groups in total. The second-order valence-electron chi connectivity index (χ2n) is 7.09. The standard InChI is InChI=1S/C20H38O2/c1-3-5-7-9-10-11-14-18-15-13-16-19(18)22-20(21)17-12-8-6-4-2/h18-19H,3-17H2,1-2H3. The Balaban J connectivity index is 2.10. The maximum atomic E-state index is 11.9. The van der Waals surface area contributed by atoms with Crippen molar-refractivity contribution < 1.29 is 9.53 Å². The molecule has 2 nitrogen and oxygen atoms in total. The predicted molar refractivity (Wildman–Crippen MR) is 94.0 cm³/mol. The van der Waals surface area contributed by atoms with E-state index in [1.165, 1.54) is 70.6 Å². The molecule has 0 amide bonds. The van der Waals surface area contributed by atoms with Crippen molar-refractivity contribution in [1.82, 2.24) is 0 Å². The molecule has 22 heavy (non-hydrogen) atoms. The summed E-state index contributed by atoms with van der Waals surface area (Å²) < 4.78 is 5.76. The topological polar surface area (TPSA) is 26.3 Å². The van der Waals surface area contributed by atoms with Crippen LogP contribution in [0.15, 0.2) is 0 Å². The van der Waals surface area contributed by atoms with Crippen LogP contribution in [-0.2, 0) is 9.53 Å². The maximum Gasteiger partial charge on any atom is 0.306 e. The van der Waals surface area contributed by atoms with Gasteiger partial charge >= 0.3 is 5.97 Å². The van der Waals surface area contributed by atoms with E-state index in [0.717, 1.165) is 19.3 Å². The van der Waals surface area contributed by atoms with Crippen molar-refractivity contribution in [2.45, 2.75) is 116 Å². The molecular weight excluding hydrogens is 272 g/mol. The van der Waals surface area contributed by atoms with E-state index in [-0.39, 0.29) is 12.1 Å². The Morgan fingerprint density at radius 3 is 2.23 bits per heavy atom. The lowest BCUT2D eigenvalue weighted by Gasteiger charge is -2.20. The Labute approximate surface area is 138 Å². The Kier molecular flexibility index (Phi) is 11.5. The first-order valence-corrected chi connectivity index (χ1v) is 9.97. The monoisotopic (exact) mass is 310 g/mol. The van der Waals surface area contributed by atoms with Gasteiger partial charge in [-0.25, -0.2) is 0 Å². The van der Waals surface area contributed by atoms with Gasteiger partial charge in [0.15, 0.2) is 0 Å². The SMILES string of the molecule is CCCCCCCCC1CCCC1OC(=O)CCCCCC. The van der Waals surface area contributed by atoms with E-state index in [4.69, 9.17) is 4.74 Å². The van der Waals surface area contributed by atoms with Crippen LogP contribution in [0.25, 0.3) is 0 Å². The second-order valence-corrected chi connectivity index (χ2v) is 7.09. The molecule has 0 aromatic heterocycles. The minimum absolute atomic E-state index is 0.0518. The second kappa shape index (κ2) is 13.0. The van der Waals surface area contributed by atoms with Crippen LogP contribution in [0.2, 0.25) is 0 Å². The van der Waals surface area contributed by atoms with Crippen LogP contribution in [0, 0.1) is 5.92 Å². The van der Waals surface area contributed by atoms with Crippen LogP contribution < -0.4 is 0 Å². The van der Waals surface area contributed by atoms with Crippen LogP contribution in [0.4, 0.5) is 0 Å². The van der Waals surface area contributed by atoms with Crippen molar-refractivity contribution in [3.63, 3.8) is 0 Å². The summed E-state index contributed by atoms with van der Waals surface area (Å²) in [4.78, 5) is 11.9. The molecule has 0 aromatic carbocycles. The summed E-state index contributed by atoms with van der Waals surface area (Å²) in [5.74, 6) is 0.696. The maximum absolute atomic E-state index is 11.9. The molecule has 0 bridgehead atoms. The van der Waals surface area contributed by atoms with Crippen molar-refractivity contribution in [3.05, 3.63) is 0 Å². The number of unbranched alkanes of at least 4 members (excludes halogenated alkanes) is 8. The van der Waals surface area contributed by atoms with E-state index in [0.29, 0.717) is 12.3 Å². The molecule has 0 saturated heterocycles. The van der Waals surface area contributed by atoms with Gasteiger partial charge in [-0.1, -0.05) is 71.6 Å². The van der Waals surface area contributed by atoms with Gasteiger partial charge in [-0.15, -0.1) is 0 Å². The fourth-order valence-electron chi connectivity index (χ4n) is 3.60. The minimum Gasteiger partial charge on any atom is -0.462 e. The van der Waals surface area contributed by atoms with Crippen molar-refractivity contribution in [1.29, 1.82) is 0 Å². The smallest absolute Gasteiger partial charge is 0.306 e. The molecule has 0 aliphatic heterocycles. The molecule has 0 spiro atoms. The molecule has 2 unspecified atom stereocenters. The van der Waals surface area contributed by atoms with E-state index in [1.807, 2.05) is 0 Å². The van der Waals surface area contributed by atoms with Crippen molar-refractivity contribution in [3.8, 4) is 0 Å². The number of ether oxygens (including phenoxy) is 1. The summed E-state index contributed by atoms with van der Waals surface area (Å²) in [7, 11) is 0. The Morgan fingerprint density at radius 2 is 1.50 bits per heavy atom. The molecule has 1 aliphatic rings. The van der Waals surface area contributed by atoms with E-state index in [2.05, 4.69) is 13.8 Å². The molecule has 1 rings (SSSR count). The fraction of sp³-hybridized carbons (Fsp3) is 0.950. The largest absolute Gasteiger partial charge is 0.462 e. The van der Waals surface area contributed by atoms with Gasteiger partial charge in [-0.3, -0.25) is 4.79 Å². The van der Waals surface area contributed by atoms with E-state index in [1.54, 1.807) is 0 Å². The van der Waals surface area contributed by atoms with Crippen LogP contribution in [0.1, 0.15) is 110 Å². The van der Waals surface area contributed by atoms with Gasteiger partial charge in [0.05, 0.1) is 0 Å². The van der Waals surface area contributed by atoms with Gasteiger partial charge in [0, 0.05) is 6.42 Å². The van der Waals surface area contributed by atoms with Gasteiger partial charge in [-0.2, -0.15) is 0 Å². The molecular formula is C20H38O2. The summed E-state index contributed by atoms with van der Waals surface area (Å²) in [6.45, 7) is 4.46. The highest BCUT2D eigenvalue weighted by Crippen LogP contribution is 2.32. The lowest BCUT2D eigenvalue weighted by molar-refractivity contribution is -0.151. The van der Waals surface area contributed by atoms with E-state index < -0.39 is 0 Å². The molecule has 1 saturated carbocycles. The minimum atomic E-state index is 0.0518. The zero-order chi connectivity index (χ0) is 16.0. The van der Waals surface area contributed by atoms with Crippen molar-refractivity contribution in [2.75, 3.05) is 0 Å². The molecule has 0 heterocycles. The quantitative estimate of drug-likeness (QED) is 0.290. The number of carbonyl (C=O) groups is 1. The van der Waals surface area contributed by atoms with Gasteiger partial charge in [0.1, 0.15) is 6.10 Å². The number of rotatable bonds is 13. The summed E-state index contributed by atoms with van der Waals surface area (Å²) in [6.07, 6.45) is 18.5. The third kappa shape index (κ3) is 8.80. The zero-order valence-electron chi connectivity index (χ0n) is 15.1. The Bertz CT molecular complexity index is 275. The highest BCUT2D eigenvalue weighted by atomic mass is 16.5. The average molecular weight is 311 g/mol. The summed E-state index contributed by atoms with van der Waals surface area (Å²) in [5, 5.41) is 0. The predicted octanol–water partition coefficient (Wildman–Crippen LogP) is 6.42. The lowest BCUT2D eigenvalue weighted by atomic mass is 9.97. The highest BCUT2D eigenvalue weighted by molar-refractivity contribution is 5.69. The normalized spacial score (nSPS) is 21.2. The van der Waals surface area contributed by atoms with Gasteiger partial charge in [0.2, 0.25) is 0 Å². The van der Waals surface area contributed by atoms with E-state index in [9.17, 15) is 4.79 Å². The van der Waals surface area contributed by atoms with Crippen LogP contribution in [0.3, 0.4) is 0 Å². The molecule has 2 heteroatoms. The molecule has 1 fully saturated rings. The molecule has 130 valence electrons. The first-order chi connectivity index (χ1) is 10.8. The van der Waals surface area contributed by atoms with Crippen LogP contribution >= 0.6 is 0 Å². The number of hydrogen-bond acceptors (Lipinski definition) is 2. The zero-order valence-corrected chi connectivity index (χ0v) is 15.1. The van der Waals surface area contributed by atoms with Gasteiger partial charge < -0.3 is 4.74 Å². The number of carbonyl (C=O) groups excluding carboxylic acids is 1. The van der Waals surface area contributed by atoms with Crippen LogP contribution in [-0.4, -0.2) is 12.1 Å². The number of esters is 1. The first-order valence-electron chi connectivity index (χ1n) is 9.97. The molecule has 0 aromatic rings. The summed E-state index contributed by atoms with van der Waals surface area (Å²) in [6, 6.07) is 0. The van der Waals surface area contributed by atoms with Crippen molar-refractivity contribution >= 4 is 5.97 Å². The summed E-state index contributed by atoms with van der Waals surface area (Å²) in [5.41, 5.74) is 0. The first kappa shape index (κ1) is 19.5. The van der Waals surface area contributed by atoms with Crippen LogP contribution in [0.5, 0.6) is 0 Å². The van der Waals surface area contributed by atoms with Crippen molar-refractivity contribution in [2.24, 2.45) is 5.92 Å². The highest BCUT2D eigenvalue weighted by Gasteiger charge is 2.29. The number of hydrogen-bond donors (Lipinski definition) is 0. The molecule has 2 atom stereocenters. The van der Waals surface area contributed by atoms with E-state index >= 15 is 0 Å². The summed E-state index contributed by atoms with van der Waals surface area (Å²) >= 11 is 0. The lowest BCUT2D eigenvalue weighted by Crippen LogP contribution is -2.22. The van der Waals surface area contributed by atoms with Gasteiger partial charge in [0.25, 0.3) is 0 Å². The molecule has 0 radical (unpaired) electrons. The van der Waals surface area contributed by atoms with Gasteiger partial charge in [-0.05, 0) is 38.0 Å². The Morgan fingerprint density at radius 1 is 0.864 bits per heavy atom. The Hall–Kier alpha value is -0.530. The molecule has 1 aliphatic carbocycles. The fourth-order valence-corrected chi connectivity index (χ4v) is 3.60. The average Bonchev–Trinajstić information content (AvgIpc) is 2.94. The third-order valence-corrected chi connectivity index (χ3v) is 5.04. The third-order valence-electron chi connectivity index (χ3n) is 5.04.